The van der Waals surface area contributed by atoms with Crippen LogP contribution in [-0.2, 0) is 0 Å². The Bertz CT molecular complexity index is 762. The van der Waals surface area contributed by atoms with Crippen molar-refractivity contribution < 1.29 is 4.79 Å². The second kappa shape index (κ2) is 5.55. The maximum atomic E-state index is 12.6. The summed E-state index contributed by atoms with van der Waals surface area (Å²) >= 11 is 3.48. The number of fused-ring (bicyclic) bond motifs is 1. The zero-order valence-electron chi connectivity index (χ0n) is 11.0. The lowest BCUT2D eigenvalue weighted by Gasteiger charge is -2.30. The van der Waals surface area contributed by atoms with E-state index in [-0.39, 0.29) is 5.91 Å². The number of benzene rings is 2. The molecule has 0 saturated heterocycles. The predicted octanol–water partition coefficient (Wildman–Crippen LogP) is 4.10. The molecule has 0 spiro atoms. The topological polar surface area (TPSA) is 44.1 Å². The summed E-state index contributed by atoms with van der Waals surface area (Å²) in [6, 6.07) is 18.2. The van der Waals surface area contributed by atoms with Crippen LogP contribution in [0.15, 0.2) is 60.8 Å². The average Bonchev–Trinajstić information content (AvgIpc) is 2.55. The van der Waals surface area contributed by atoms with Gasteiger partial charge in [0, 0.05) is 16.2 Å². The highest BCUT2D eigenvalue weighted by molar-refractivity contribution is 9.15. The van der Waals surface area contributed by atoms with Gasteiger partial charge in [0.15, 0.2) is 0 Å². The van der Waals surface area contributed by atoms with E-state index in [1.807, 2.05) is 42.5 Å². The van der Waals surface area contributed by atoms with Gasteiger partial charge < -0.3 is 0 Å². The van der Waals surface area contributed by atoms with Crippen LogP contribution < -0.4 is 0 Å². The lowest BCUT2D eigenvalue weighted by atomic mass is 9.96. The second-order valence-corrected chi connectivity index (χ2v) is 5.53. The number of hydrogen-bond acceptors (Lipinski definition) is 2. The number of nitrogens with zero attached hydrogens (tertiary/aromatic N) is 2. The first-order valence-electron chi connectivity index (χ1n) is 6.46. The van der Waals surface area contributed by atoms with Crippen molar-refractivity contribution in [1.82, 2.24) is 4.90 Å². The first-order chi connectivity index (χ1) is 10.2. The first kappa shape index (κ1) is 13.6. The number of amides is 1. The van der Waals surface area contributed by atoms with Crippen LogP contribution >= 0.6 is 15.9 Å². The predicted molar refractivity (Wildman–Crippen MR) is 84.3 cm³/mol. The van der Waals surface area contributed by atoms with Gasteiger partial charge in [0.25, 0.3) is 5.91 Å². The number of carbonyl (C=O) groups is 1. The van der Waals surface area contributed by atoms with Gasteiger partial charge in [-0.1, -0.05) is 42.5 Å². The molecule has 3 rings (SSSR count). The summed E-state index contributed by atoms with van der Waals surface area (Å²) in [5, 5.41) is 9.50. The summed E-state index contributed by atoms with van der Waals surface area (Å²) < 4.78 is 0.800. The molecule has 0 saturated carbocycles. The molecule has 1 aliphatic rings. The minimum Gasteiger partial charge on any atom is -0.293 e. The molecule has 0 radical (unpaired) electrons. The fourth-order valence-electron chi connectivity index (χ4n) is 2.41. The van der Waals surface area contributed by atoms with Crippen molar-refractivity contribution in [1.29, 1.82) is 5.26 Å². The normalized spacial score (nSPS) is 16.7. The van der Waals surface area contributed by atoms with Gasteiger partial charge in [-0.25, -0.2) is 0 Å². The van der Waals surface area contributed by atoms with Crippen LogP contribution in [0.4, 0.5) is 0 Å². The molecule has 0 aromatic heterocycles. The van der Waals surface area contributed by atoms with Crippen LogP contribution in [0.25, 0.3) is 4.48 Å². The van der Waals surface area contributed by atoms with Gasteiger partial charge in [-0.2, -0.15) is 5.26 Å². The van der Waals surface area contributed by atoms with Crippen LogP contribution in [0.5, 0.6) is 0 Å². The third-order valence-corrected chi connectivity index (χ3v) is 4.05. The summed E-state index contributed by atoms with van der Waals surface area (Å²) in [6.07, 6.45) is 1.69. The third kappa shape index (κ3) is 2.37. The molecule has 0 aliphatic carbocycles. The number of carbonyl (C=O) groups excluding carboxylic acids is 1. The van der Waals surface area contributed by atoms with Crippen LogP contribution in [0, 0.1) is 11.3 Å². The van der Waals surface area contributed by atoms with Crippen molar-refractivity contribution in [3.8, 4) is 6.07 Å². The Morgan fingerprint density at radius 2 is 1.76 bits per heavy atom. The van der Waals surface area contributed by atoms with Crippen molar-refractivity contribution in [2.24, 2.45) is 0 Å². The highest BCUT2D eigenvalue weighted by atomic mass is 79.9. The lowest BCUT2D eigenvalue weighted by Crippen LogP contribution is -2.32. The van der Waals surface area contributed by atoms with Crippen LogP contribution in [0.3, 0.4) is 0 Å². The van der Waals surface area contributed by atoms with Crippen molar-refractivity contribution in [2.45, 2.75) is 6.04 Å². The Hall–Kier alpha value is -2.38. The quantitative estimate of drug-likeness (QED) is 0.785. The standard InChI is InChI=1S/C17H11BrN2O/c18-15-11-20(17(21)12-6-2-1-3-7-12)16(10-19)14-9-5-4-8-13(14)15/h1-9,11,16H. The highest BCUT2D eigenvalue weighted by Gasteiger charge is 2.30. The smallest absolute Gasteiger partial charge is 0.259 e. The summed E-state index contributed by atoms with van der Waals surface area (Å²) in [5.41, 5.74) is 2.34. The van der Waals surface area contributed by atoms with Gasteiger partial charge >= 0.3 is 0 Å². The van der Waals surface area contributed by atoms with Crippen molar-refractivity contribution in [3.63, 3.8) is 0 Å². The van der Waals surface area contributed by atoms with Gasteiger partial charge in [-0.15, -0.1) is 0 Å². The molecule has 4 heteroatoms. The monoisotopic (exact) mass is 338 g/mol. The molecule has 1 amide bonds. The van der Waals surface area contributed by atoms with Gasteiger partial charge in [-0.05, 0) is 39.2 Å². The van der Waals surface area contributed by atoms with Crippen LogP contribution in [-0.4, -0.2) is 10.8 Å². The van der Waals surface area contributed by atoms with Gasteiger partial charge in [-0.3, -0.25) is 9.69 Å². The molecule has 2 aromatic carbocycles. The van der Waals surface area contributed by atoms with Gasteiger partial charge in [0.2, 0.25) is 0 Å². The van der Waals surface area contributed by atoms with Crippen LogP contribution in [0.1, 0.15) is 27.5 Å². The largest absolute Gasteiger partial charge is 0.293 e. The fraction of sp³-hybridized carbons (Fsp3) is 0.0588. The second-order valence-electron chi connectivity index (χ2n) is 4.67. The summed E-state index contributed by atoms with van der Waals surface area (Å²) in [6.45, 7) is 0. The summed E-state index contributed by atoms with van der Waals surface area (Å²) in [4.78, 5) is 14.1. The minimum atomic E-state index is -0.616. The van der Waals surface area contributed by atoms with E-state index >= 15 is 0 Å². The van der Waals surface area contributed by atoms with E-state index in [1.54, 1.807) is 18.3 Å². The van der Waals surface area contributed by atoms with Crippen molar-refractivity contribution >= 4 is 26.3 Å². The molecule has 1 heterocycles. The first-order valence-corrected chi connectivity index (χ1v) is 7.25. The van der Waals surface area contributed by atoms with Crippen LogP contribution in [0.2, 0.25) is 0 Å². The molecule has 1 unspecified atom stereocenters. The maximum Gasteiger partial charge on any atom is 0.259 e. The van der Waals surface area contributed by atoms with Gasteiger partial charge in [0.05, 0.1) is 6.07 Å². The fourth-order valence-corrected chi connectivity index (χ4v) is 2.99. The molecule has 102 valence electrons. The molecule has 0 N–H and O–H groups in total. The summed E-state index contributed by atoms with van der Waals surface area (Å²) in [7, 11) is 0. The lowest BCUT2D eigenvalue weighted by molar-refractivity contribution is 0.0794. The summed E-state index contributed by atoms with van der Waals surface area (Å²) in [5.74, 6) is -0.186. The maximum absolute atomic E-state index is 12.6. The molecule has 1 aliphatic heterocycles. The number of nitriles is 1. The molecule has 1 atom stereocenters. The Labute approximate surface area is 131 Å². The molecule has 0 bridgehead atoms. The minimum absolute atomic E-state index is 0.186. The molecule has 2 aromatic rings. The van der Waals surface area contributed by atoms with Crippen molar-refractivity contribution in [3.05, 3.63) is 77.5 Å². The van der Waals surface area contributed by atoms with E-state index in [9.17, 15) is 10.1 Å². The zero-order valence-corrected chi connectivity index (χ0v) is 12.6. The number of rotatable bonds is 1. The molecular formula is C17H11BrN2O. The number of hydrogen-bond donors (Lipinski definition) is 0. The zero-order chi connectivity index (χ0) is 14.8. The SMILES string of the molecule is N#CC1c2ccccc2C(Br)=CN1C(=O)c1ccccc1. The molecule has 21 heavy (non-hydrogen) atoms. The Morgan fingerprint density at radius 3 is 2.48 bits per heavy atom. The van der Waals surface area contributed by atoms with Gasteiger partial charge in [0.1, 0.15) is 6.04 Å². The van der Waals surface area contributed by atoms with E-state index in [0.29, 0.717) is 5.56 Å². The van der Waals surface area contributed by atoms with E-state index in [2.05, 4.69) is 22.0 Å². The van der Waals surface area contributed by atoms with E-state index in [4.69, 9.17) is 0 Å². The Morgan fingerprint density at radius 1 is 1.10 bits per heavy atom. The molecule has 3 nitrogen and oxygen atoms in total. The van der Waals surface area contributed by atoms with E-state index < -0.39 is 6.04 Å². The average molecular weight is 339 g/mol. The molecular weight excluding hydrogens is 328 g/mol. The van der Waals surface area contributed by atoms with E-state index in [0.717, 1.165) is 15.6 Å². The third-order valence-electron chi connectivity index (χ3n) is 3.42. The molecule has 0 fully saturated rings. The number of halogens is 1. The highest BCUT2D eigenvalue weighted by Crippen LogP contribution is 2.37. The van der Waals surface area contributed by atoms with Crippen molar-refractivity contribution in [2.75, 3.05) is 0 Å². The van der Waals surface area contributed by atoms with E-state index in [1.165, 1.54) is 4.90 Å². The Kier molecular flexibility index (Phi) is 3.59. The Balaban J connectivity index is 2.07.